The van der Waals surface area contributed by atoms with Gasteiger partial charge in [0, 0.05) is 19.2 Å². The van der Waals surface area contributed by atoms with E-state index in [-0.39, 0.29) is 5.78 Å². The molecule has 0 aliphatic heterocycles. The third-order valence-corrected chi connectivity index (χ3v) is 3.28. The zero-order valence-corrected chi connectivity index (χ0v) is 12.9. The van der Waals surface area contributed by atoms with Gasteiger partial charge >= 0.3 is 0 Å². The molecule has 0 atom stereocenters. The summed E-state index contributed by atoms with van der Waals surface area (Å²) in [6, 6.07) is 9.08. The van der Waals surface area contributed by atoms with Gasteiger partial charge in [0.2, 0.25) is 5.78 Å². The average molecular weight is 335 g/mol. The number of aromatic nitrogens is 2. The summed E-state index contributed by atoms with van der Waals surface area (Å²) in [5.74, 6) is 0.866. The second kappa shape index (κ2) is 6.47. The minimum atomic E-state index is -0.138. The van der Waals surface area contributed by atoms with E-state index in [1.165, 1.54) is 0 Å². The lowest BCUT2D eigenvalue weighted by Gasteiger charge is -2.10. The lowest BCUT2D eigenvalue weighted by molar-refractivity contribution is 0.106. The monoisotopic (exact) mass is 334 g/mol. The van der Waals surface area contributed by atoms with Gasteiger partial charge < -0.3 is 5.32 Å². The molecule has 2 rings (SSSR count). The van der Waals surface area contributed by atoms with Crippen molar-refractivity contribution in [3.63, 3.8) is 0 Å². The minimum Gasteiger partial charge on any atom is -0.321 e. The molecule has 0 saturated heterocycles. The molecule has 1 heterocycles. The molecule has 0 unspecified atom stereocenters. The number of benzene rings is 1. The highest BCUT2D eigenvalue weighted by Gasteiger charge is 2.16. The lowest BCUT2D eigenvalue weighted by Crippen LogP contribution is -2.25. The maximum atomic E-state index is 12.4. The van der Waals surface area contributed by atoms with Crippen LogP contribution in [0.2, 0.25) is 0 Å². The van der Waals surface area contributed by atoms with Gasteiger partial charge in [-0.05, 0) is 22.9 Å². The van der Waals surface area contributed by atoms with Gasteiger partial charge in [0.15, 0.2) is 5.84 Å². The molecule has 0 aliphatic rings. The lowest BCUT2D eigenvalue weighted by atomic mass is 10.1. The van der Waals surface area contributed by atoms with E-state index in [4.69, 9.17) is 0 Å². The number of nitrogens with zero attached hydrogens (tertiary/aromatic N) is 3. The molecule has 0 aliphatic carbocycles. The fraction of sp³-hybridized carbons (Fsp3) is 0.214. The summed E-state index contributed by atoms with van der Waals surface area (Å²) >= 11 is 3.39. The van der Waals surface area contributed by atoms with E-state index in [2.05, 4.69) is 31.3 Å². The van der Waals surface area contributed by atoms with E-state index in [9.17, 15) is 4.79 Å². The van der Waals surface area contributed by atoms with E-state index in [0.717, 1.165) is 4.47 Å². The molecule has 1 aromatic carbocycles. The minimum absolute atomic E-state index is 0.138. The summed E-state index contributed by atoms with van der Waals surface area (Å²) in [7, 11) is 1.80. The van der Waals surface area contributed by atoms with Crippen molar-refractivity contribution < 1.29 is 4.79 Å². The number of amidine groups is 1. The molecule has 20 heavy (non-hydrogen) atoms. The van der Waals surface area contributed by atoms with Gasteiger partial charge in [-0.1, -0.05) is 30.3 Å². The molecule has 0 amide bonds. The van der Waals surface area contributed by atoms with Gasteiger partial charge in [-0.3, -0.25) is 14.5 Å². The van der Waals surface area contributed by atoms with E-state index in [1.54, 1.807) is 30.1 Å². The van der Waals surface area contributed by atoms with Gasteiger partial charge in [-0.15, -0.1) is 0 Å². The average Bonchev–Trinajstić information content (AvgIpc) is 2.78. The van der Waals surface area contributed by atoms with E-state index >= 15 is 0 Å². The van der Waals surface area contributed by atoms with Crippen molar-refractivity contribution >= 4 is 33.4 Å². The van der Waals surface area contributed by atoms with Crippen molar-refractivity contribution in [2.45, 2.75) is 6.92 Å². The molecule has 0 spiro atoms. The van der Waals surface area contributed by atoms with E-state index in [1.807, 2.05) is 25.1 Å². The van der Waals surface area contributed by atoms with Crippen molar-refractivity contribution in [3.05, 3.63) is 46.6 Å². The Bertz CT molecular complexity index is 614. The molecular weight excluding hydrogens is 320 g/mol. The van der Waals surface area contributed by atoms with Crippen molar-refractivity contribution in [1.82, 2.24) is 9.78 Å². The van der Waals surface area contributed by atoms with E-state index in [0.29, 0.717) is 23.8 Å². The first-order valence-electron chi connectivity index (χ1n) is 6.22. The Kier molecular flexibility index (Phi) is 4.68. The van der Waals surface area contributed by atoms with Gasteiger partial charge in [0.05, 0.1) is 10.7 Å². The zero-order chi connectivity index (χ0) is 14.5. The number of rotatable bonds is 4. The largest absolute Gasteiger partial charge is 0.321 e. The van der Waals surface area contributed by atoms with Crippen LogP contribution >= 0.6 is 15.9 Å². The first kappa shape index (κ1) is 14.5. The third-order valence-electron chi connectivity index (χ3n) is 2.70. The Hall–Kier alpha value is -1.95. The molecule has 2 aromatic rings. The van der Waals surface area contributed by atoms with Crippen LogP contribution in [0.1, 0.15) is 17.3 Å². The van der Waals surface area contributed by atoms with Crippen LogP contribution in [0.3, 0.4) is 0 Å². The van der Waals surface area contributed by atoms with Gasteiger partial charge in [-0.2, -0.15) is 5.10 Å². The molecule has 0 fully saturated rings. The predicted molar refractivity (Wildman–Crippen MR) is 83.3 cm³/mol. The Labute approximate surface area is 125 Å². The smallest absolute Gasteiger partial charge is 0.227 e. The van der Waals surface area contributed by atoms with Crippen LogP contribution < -0.4 is 5.32 Å². The van der Waals surface area contributed by atoms with Gasteiger partial charge in [-0.25, -0.2) is 0 Å². The van der Waals surface area contributed by atoms with Crippen molar-refractivity contribution in [2.24, 2.45) is 12.0 Å². The maximum absolute atomic E-state index is 12.4. The van der Waals surface area contributed by atoms with Crippen LogP contribution in [-0.2, 0) is 7.05 Å². The highest BCUT2D eigenvalue weighted by molar-refractivity contribution is 9.10. The molecule has 5 nitrogen and oxygen atoms in total. The Balaban J connectivity index is 2.29. The number of nitrogens with one attached hydrogen (secondary N) is 1. The summed E-state index contributed by atoms with van der Waals surface area (Å²) in [5, 5.41) is 7.15. The van der Waals surface area contributed by atoms with Gasteiger partial charge in [0.25, 0.3) is 0 Å². The second-order valence-corrected chi connectivity index (χ2v) is 4.96. The first-order valence-corrected chi connectivity index (χ1v) is 7.01. The number of Topliss-reactive ketones (excluding diaryl/α,β-unsaturated/α-hetero) is 1. The van der Waals surface area contributed by atoms with Crippen LogP contribution in [0, 0.1) is 0 Å². The highest BCUT2D eigenvalue weighted by Crippen LogP contribution is 2.21. The number of carbonyl (C=O) groups is 1. The van der Waals surface area contributed by atoms with Crippen molar-refractivity contribution in [2.75, 3.05) is 11.9 Å². The number of anilines is 1. The van der Waals surface area contributed by atoms with Crippen LogP contribution in [0.5, 0.6) is 0 Å². The summed E-state index contributed by atoms with van der Waals surface area (Å²) in [4.78, 5) is 16.7. The number of aryl methyl sites for hydroxylation is 1. The SMILES string of the molecule is CCN=C(Nc1c(Br)cnn1C)C(=O)c1ccccc1. The fourth-order valence-electron chi connectivity index (χ4n) is 1.72. The number of halogens is 1. The Morgan fingerprint density at radius 1 is 1.40 bits per heavy atom. The number of aliphatic imine (C=N–C) groups is 1. The third kappa shape index (κ3) is 3.14. The van der Waals surface area contributed by atoms with Crippen LogP contribution in [-0.4, -0.2) is 27.9 Å². The van der Waals surface area contributed by atoms with Gasteiger partial charge in [0.1, 0.15) is 5.82 Å². The standard InChI is InChI=1S/C14H15BrN4O/c1-3-16-13(12(20)10-7-5-4-6-8-10)18-14-11(15)9-17-19(14)2/h4-9H,3H2,1-2H3,(H,16,18). The molecule has 104 valence electrons. The zero-order valence-electron chi connectivity index (χ0n) is 11.3. The number of carbonyl (C=O) groups excluding carboxylic acids is 1. The molecule has 0 saturated carbocycles. The summed E-state index contributed by atoms with van der Waals surface area (Å²) in [5.41, 5.74) is 0.602. The molecule has 6 heteroatoms. The highest BCUT2D eigenvalue weighted by atomic mass is 79.9. The fourth-order valence-corrected chi connectivity index (χ4v) is 2.16. The predicted octanol–water partition coefficient (Wildman–Crippen LogP) is 2.90. The number of hydrogen-bond donors (Lipinski definition) is 1. The molecular formula is C14H15BrN4O. The Morgan fingerprint density at radius 3 is 2.65 bits per heavy atom. The van der Waals surface area contributed by atoms with Crippen molar-refractivity contribution in [3.8, 4) is 0 Å². The van der Waals surface area contributed by atoms with Crippen LogP contribution in [0.25, 0.3) is 0 Å². The molecule has 0 bridgehead atoms. The Morgan fingerprint density at radius 2 is 2.10 bits per heavy atom. The summed E-state index contributed by atoms with van der Waals surface area (Å²) in [6.07, 6.45) is 1.67. The number of hydrogen-bond acceptors (Lipinski definition) is 3. The second-order valence-electron chi connectivity index (χ2n) is 4.11. The summed E-state index contributed by atoms with van der Waals surface area (Å²) < 4.78 is 2.43. The quantitative estimate of drug-likeness (QED) is 0.531. The van der Waals surface area contributed by atoms with Crippen LogP contribution in [0.4, 0.5) is 5.82 Å². The number of ketones is 1. The summed E-state index contributed by atoms with van der Waals surface area (Å²) in [6.45, 7) is 2.41. The normalized spacial score (nSPS) is 11.4. The molecule has 1 N–H and O–H groups in total. The maximum Gasteiger partial charge on any atom is 0.227 e. The first-order chi connectivity index (χ1) is 9.63. The topological polar surface area (TPSA) is 59.3 Å². The van der Waals surface area contributed by atoms with Crippen molar-refractivity contribution in [1.29, 1.82) is 0 Å². The van der Waals surface area contributed by atoms with E-state index < -0.39 is 0 Å². The van der Waals surface area contributed by atoms with Crippen LogP contribution in [0.15, 0.2) is 46.0 Å². The molecule has 1 aromatic heterocycles. The molecule has 0 radical (unpaired) electrons.